The molecule has 0 aliphatic carbocycles. The second-order valence-corrected chi connectivity index (χ2v) is 5.20. The van der Waals surface area contributed by atoms with Crippen LogP contribution in [-0.2, 0) is 0 Å². The molecule has 0 radical (unpaired) electrons. The Morgan fingerprint density at radius 2 is 1.63 bits per heavy atom. The third-order valence-corrected chi connectivity index (χ3v) is 3.29. The van der Waals surface area contributed by atoms with Crippen LogP contribution >= 0.6 is 0 Å². The second kappa shape index (κ2) is 7.68. The van der Waals surface area contributed by atoms with Crippen LogP contribution < -0.4 is 15.4 Å². The molecule has 0 spiro atoms. The molecule has 0 saturated heterocycles. The fourth-order valence-corrected chi connectivity index (χ4v) is 2.19. The van der Waals surface area contributed by atoms with Crippen molar-refractivity contribution >= 4 is 17.4 Å². The fraction of sp³-hybridized carbons (Fsp3) is 0.0588. The standard InChI is InChI=1S/C17H12F3N5O2/c18-17(19,20)27-15-2-1-11(12-8-22-10-23-9-12)7-14(15)25-16(26)24-13-3-5-21-6-4-13/h1-10H,(H2,21,24,25,26). The van der Waals surface area contributed by atoms with Gasteiger partial charge in [0.05, 0.1) is 5.69 Å². The average molecular weight is 375 g/mol. The van der Waals surface area contributed by atoms with E-state index in [-0.39, 0.29) is 5.69 Å². The lowest BCUT2D eigenvalue weighted by atomic mass is 10.1. The Kier molecular flexibility index (Phi) is 5.15. The van der Waals surface area contributed by atoms with Gasteiger partial charge in [0, 0.05) is 36.0 Å². The molecule has 138 valence electrons. The van der Waals surface area contributed by atoms with Gasteiger partial charge in [-0.1, -0.05) is 6.07 Å². The van der Waals surface area contributed by atoms with E-state index in [1.54, 1.807) is 0 Å². The number of benzene rings is 1. The number of nitrogens with zero attached hydrogens (tertiary/aromatic N) is 3. The molecule has 1 aromatic carbocycles. The van der Waals surface area contributed by atoms with Crippen LogP contribution in [-0.4, -0.2) is 27.3 Å². The zero-order valence-corrected chi connectivity index (χ0v) is 13.6. The Morgan fingerprint density at radius 3 is 2.30 bits per heavy atom. The number of carbonyl (C=O) groups is 1. The molecule has 0 saturated carbocycles. The van der Waals surface area contributed by atoms with E-state index in [4.69, 9.17) is 0 Å². The molecule has 3 aromatic rings. The van der Waals surface area contributed by atoms with Crippen molar-refractivity contribution in [3.8, 4) is 16.9 Å². The largest absolute Gasteiger partial charge is 0.573 e. The lowest BCUT2D eigenvalue weighted by Gasteiger charge is -2.15. The summed E-state index contributed by atoms with van der Waals surface area (Å²) in [7, 11) is 0. The van der Waals surface area contributed by atoms with E-state index in [0.717, 1.165) is 6.07 Å². The van der Waals surface area contributed by atoms with Gasteiger partial charge < -0.3 is 15.4 Å². The summed E-state index contributed by atoms with van der Waals surface area (Å²) in [6.45, 7) is 0. The summed E-state index contributed by atoms with van der Waals surface area (Å²) in [5.74, 6) is -0.548. The number of halogens is 3. The minimum Gasteiger partial charge on any atom is -0.404 e. The van der Waals surface area contributed by atoms with E-state index in [1.807, 2.05) is 0 Å². The highest BCUT2D eigenvalue weighted by molar-refractivity contribution is 6.01. The van der Waals surface area contributed by atoms with Gasteiger partial charge in [0.2, 0.25) is 0 Å². The third kappa shape index (κ3) is 5.14. The lowest BCUT2D eigenvalue weighted by Crippen LogP contribution is -2.22. The smallest absolute Gasteiger partial charge is 0.404 e. The first-order chi connectivity index (χ1) is 12.9. The van der Waals surface area contributed by atoms with Gasteiger partial charge in [0.1, 0.15) is 6.33 Å². The molecule has 0 aliphatic rings. The Labute approximate surface area is 151 Å². The van der Waals surface area contributed by atoms with Crippen LogP contribution in [0.2, 0.25) is 0 Å². The number of urea groups is 1. The van der Waals surface area contributed by atoms with E-state index in [2.05, 4.69) is 30.3 Å². The van der Waals surface area contributed by atoms with E-state index >= 15 is 0 Å². The summed E-state index contributed by atoms with van der Waals surface area (Å²) in [4.78, 5) is 23.7. The Morgan fingerprint density at radius 1 is 0.926 bits per heavy atom. The summed E-state index contributed by atoms with van der Waals surface area (Å²) in [6, 6.07) is 6.18. The van der Waals surface area contributed by atoms with Gasteiger partial charge in [-0.2, -0.15) is 0 Å². The van der Waals surface area contributed by atoms with Gasteiger partial charge in [-0.25, -0.2) is 14.8 Å². The van der Waals surface area contributed by atoms with Crippen LogP contribution in [0.15, 0.2) is 61.4 Å². The monoisotopic (exact) mass is 375 g/mol. The quantitative estimate of drug-likeness (QED) is 0.717. The number of carbonyl (C=O) groups excluding carboxylic acids is 1. The maximum atomic E-state index is 12.7. The number of alkyl halides is 3. The van der Waals surface area contributed by atoms with E-state index in [9.17, 15) is 18.0 Å². The molecule has 7 nitrogen and oxygen atoms in total. The van der Waals surface area contributed by atoms with Gasteiger partial charge in [-0.15, -0.1) is 13.2 Å². The summed E-state index contributed by atoms with van der Waals surface area (Å²) < 4.78 is 41.9. The minimum atomic E-state index is -4.91. The van der Waals surface area contributed by atoms with Crippen molar-refractivity contribution in [1.82, 2.24) is 15.0 Å². The van der Waals surface area contributed by atoms with Crippen molar-refractivity contribution < 1.29 is 22.7 Å². The van der Waals surface area contributed by atoms with Crippen molar-refractivity contribution in [2.45, 2.75) is 6.36 Å². The summed E-state index contributed by atoms with van der Waals surface area (Å²) in [5, 5.41) is 4.84. The number of aromatic nitrogens is 3. The predicted octanol–water partition coefficient (Wildman–Crippen LogP) is 4.08. The number of anilines is 2. The van der Waals surface area contributed by atoms with Gasteiger partial charge >= 0.3 is 12.4 Å². The molecule has 0 bridgehead atoms. The zero-order chi connectivity index (χ0) is 19.3. The first-order valence-electron chi connectivity index (χ1n) is 7.54. The fourth-order valence-electron chi connectivity index (χ4n) is 2.19. The normalized spacial score (nSPS) is 10.9. The average Bonchev–Trinajstić information content (AvgIpc) is 2.63. The highest BCUT2D eigenvalue weighted by Crippen LogP contribution is 2.34. The van der Waals surface area contributed by atoms with Crippen LogP contribution in [0.4, 0.5) is 29.3 Å². The van der Waals surface area contributed by atoms with Gasteiger partial charge in [0.25, 0.3) is 0 Å². The lowest BCUT2D eigenvalue weighted by molar-refractivity contribution is -0.274. The minimum absolute atomic E-state index is 0.166. The van der Waals surface area contributed by atoms with Crippen molar-refractivity contribution in [3.05, 3.63) is 61.4 Å². The Bertz CT molecular complexity index is 921. The molecule has 27 heavy (non-hydrogen) atoms. The highest BCUT2D eigenvalue weighted by atomic mass is 19.4. The molecule has 0 atom stereocenters. The van der Waals surface area contributed by atoms with Crippen molar-refractivity contribution in [3.63, 3.8) is 0 Å². The van der Waals surface area contributed by atoms with Gasteiger partial charge in [-0.05, 0) is 29.8 Å². The van der Waals surface area contributed by atoms with Crippen LogP contribution in [0, 0.1) is 0 Å². The molecule has 2 N–H and O–H groups in total. The first kappa shape index (κ1) is 18.1. The van der Waals surface area contributed by atoms with Gasteiger partial charge in [-0.3, -0.25) is 4.98 Å². The Hall–Kier alpha value is -3.69. The number of amides is 2. The number of rotatable bonds is 4. The topological polar surface area (TPSA) is 89.0 Å². The zero-order valence-electron chi connectivity index (χ0n) is 13.6. The molecule has 2 amide bonds. The van der Waals surface area contributed by atoms with Crippen LogP contribution in [0.1, 0.15) is 0 Å². The molecular formula is C17H12F3N5O2. The van der Waals surface area contributed by atoms with Crippen LogP contribution in [0.3, 0.4) is 0 Å². The third-order valence-electron chi connectivity index (χ3n) is 3.29. The molecular weight excluding hydrogens is 363 g/mol. The molecule has 10 heteroatoms. The maximum absolute atomic E-state index is 12.7. The molecule has 0 aliphatic heterocycles. The van der Waals surface area contributed by atoms with Crippen LogP contribution in [0.25, 0.3) is 11.1 Å². The van der Waals surface area contributed by atoms with Gasteiger partial charge in [0.15, 0.2) is 5.75 Å². The number of pyridine rings is 1. The van der Waals surface area contributed by atoms with Crippen molar-refractivity contribution in [2.75, 3.05) is 10.6 Å². The number of hydrogen-bond acceptors (Lipinski definition) is 5. The SMILES string of the molecule is O=C(Nc1ccncc1)Nc1cc(-c2cncnc2)ccc1OC(F)(F)F. The number of hydrogen-bond donors (Lipinski definition) is 2. The second-order valence-electron chi connectivity index (χ2n) is 5.20. The predicted molar refractivity (Wildman–Crippen MR) is 91.0 cm³/mol. The summed E-state index contributed by atoms with van der Waals surface area (Å²) >= 11 is 0. The van der Waals surface area contributed by atoms with Crippen molar-refractivity contribution in [1.29, 1.82) is 0 Å². The Balaban J connectivity index is 1.88. The van der Waals surface area contributed by atoms with E-state index in [0.29, 0.717) is 16.8 Å². The molecule has 0 fully saturated rings. The number of nitrogens with one attached hydrogen (secondary N) is 2. The maximum Gasteiger partial charge on any atom is 0.573 e. The summed E-state index contributed by atoms with van der Waals surface area (Å²) in [5.41, 5.74) is 1.33. The van der Waals surface area contributed by atoms with E-state index in [1.165, 1.54) is 55.4 Å². The highest BCUT2D eigenvalue weighted by Gasteiger charge is 2.32. The summed E-state index contributed by atoms with van der Waals surface area (Å²) in [6.07, 6.45) is 2.33. The number of ether oxygens (including phenoxy) is 1. The molecule has 3 rings (SSSR count). The molecule has 2 aromatic heterocycles. The molecule has 0 unspecified atom stereocenters. The van der Waals surface area contributed by atoms with E-state index < -0.39 is 18.1 Å². The van der Waals surface area contributed by atoms with Crippen LogP contribution in [0.5, 0.6) is 5.75 Å². The molecule has 2 heterocycles. The van der Waals surface area contributed by atoms with Crippen molar-refractivity contribution in [2.24, 2.45) is 0 Å². The first-order valence-corrected chi connectivity index (χ1v) is 7.54.